The fraction of sp³-hybridized carbons (Fsp3) is 0.444. The zero-order valence-electron chi connectivity index (χ0n) is 14.2. The molecule has 1 unspecified atom stereocenters. The topological polar surface area (TPSA) is 56.2 Å². The van der Waals surface area contributed by atoms with Gasteiger partial charge in [0.25, 0.3) is 5.91 Å². The third-order valence-corrected chi connectivity index (χ3v) is 4.65. The molecule has 1 amide bonds. The Morgan fingerprint density at radius 3 is 2.92 bits per heavy atom. The van der Waals surface area contributed by atoms with E-state index in [0.717, 1.165) is 18.5 Å². The molecule has 2 heterocycles. The molecule has 1 aliphatic rings. The Morgan fingerprint density at radius 2 is 2.21 bits per heavy atom. The summed E-state index contributed by atoms with van der Waals surface area (Å²) in [5.74, 6) is -0.126. The van der Waals surface area contributed by atoms with E-state index in [9.17, 15) is 9.18 Å². The molecule has 0 aliphatic carbocycles. The van der Waals surface area contributed by atoms with E-state index in [0.29, 0.717) is 16.9 Å². The monoisotopic (exact) mass is 331 g/mol. The molecule has 24 heavy (non-hydrogen) atoms. The highest BCUT2D eigenvalue weighted by Gasteiger charge is 2.30. The molecule has 1 aromatic carbocycles. The van der Waals surface area contributed by atoms with E-state index in [1.807, 2.05) is 11.6 Å². The summed E-state index contributed by atoms with van der Waals surface area (Å²) in [6, 6.07) is 4.48. The van der Waals surface area contributed by atoms with Crippen molar-refractivity contribution in [3.63, 3.8) is 0 Å². The van der Waals surface area contributed by atoms with Crippen LogP contribution in [0.2, 0.25) is 0 Å². The molecule has 2 aromatic rings. The summed E-state index contributed by atoms with van der Waals surface area (Å²) in [6.45, 7) is 6.33. The molecule has 1 N–H and O–H groups in total. The molecule has 0 saturated carbocycles. The van der Waals surface area contributed by atoms with Crippen LogP contribution >= 0.6 is 0 Å². The number of carbonyl (C=O) groups is 1. The van der Waals surface area contributed by atoms with Crippen molar-refractivity contribution in [1.29, 1.82) is 0 Å². The van der Waals surface area contributed by atoms with Gasteiger partial charge in [0.05, 0.1) is 29.4 Å². The molecule has 0 radical (unpaired) electrons. The molecule has 1 aromatic heterocycles. The molecule has 1 atom stereocenters. The number of hydrogen-bond donors (Lipinski definition) is 1. The first-order valence-electron chi connectivity index (χ1n) is 8.32. The van der Waals surface area contributed by atoms with Crippen molar-refractivity contribution < 1.29 is 13.9 Å². The average molecular weight is 331 g/mol. The third-order valence-electron chi connectivity index (χ3n) is 4.65. The van der Waals surface area contributed by atoms with Gasteiger partial charge >= 0.3 is 0 Å². The average Bonchev–Trinajstić information content (AvgIpc) is 3.14. The van der Waals surface area contributed by atoms with Gasteiger partial charge in [-0.15, -0.1) is 0 Å². The van der Waals surface area contributed by atoms with Crippen LogP contribution in [-0.4, -0.2) is 22.3 Å². The van der Waals surface area contributed by atoms with E-state index >= 15 is 0 Å². The molecular weight excluding hydrogens is 309 g/mol. The maximum atomic E-state index is 14.0. The first-order valence-corrected chi connectivity index (χ1v) is 8.32. The van der Waals surface area contributed by atoms with Gasteiger partial charge in [0.1, 0.15) is 18.2 Å². The van der Waals surface area contributed by atoms with Crippen LogP contribution in [0.5, 0.6) is 5.75 Å². The Hall–Kier alpha value is -2.37. The first-order chi connectivity index (χ1) is 11.6. The van der Waals surface area contributed by atoms with Gasteiger partial charge in [-0.2, -0.15) is 5.10 Å². The van der Waals surface area contributed by atoms with Gasteiger partial charge in [0.2, 0.25) is 0 Å². The lowest BCUT2D eigenvalue weighted by atomic mass is 10.1. The quantitative estimate of drug-likeness (QED) is 0.911. The molecule has 0 saturated heterocycles. The van der Waals surface area contributed by atoms with E-state index in [4.69, 9.17) is 4.74 Å². The summed E-state index contributed by atoms with van der Waals surface area (Å²) >= 11 is 0. The number of benzene rings is 1. The van der Waals surface area contributed by atoms with Gasteiger partial charge in [0.15, 0.2) is 0 Å². The summed E-state index contributed by atoms with van der Waals surface area (Å²) in [7, 11) is 0. The predicted molar refractivity (Wildman–Crippen MR) is 88.7 cm³/mol. The minimum absolute atomic E-state index is 0.238. The molecular formula is C18H22FN3O2. The zero-order chi connectivity index (χ0) is 17.3. The molecule has 0 bridgehead atoms. The maximum Gasteiger partial charge on any atom is 0.255 e. The molecule has 0 spiro atoms. The number of amides is 1. The van der Waals surface area contributed by atoms with Gasteiger partial charge in [-0.25, -0.2) is 4.39 Å². The van der Waals surface area contributed by atoms with Gasteiger partial charge in [0, 0.05) is 5.69 Å². The third kappa shape index (κ3) is 2.77. The largest absolute Gasteiger partial charge is 0.491 e. The second kappa shape index (κ2) is 6.63. The lowest BCUT2D eigenvalue weighted by Gasteiger charge is -2.16. The molecule has 5 nitrogen and oxygen atoms in total. The Bertz CT molecular complexity index is 753. The fourth-order valence-electron chi connectivity index (χ4n) is 3.24. The van der Waals surface area contributed by atoms with Gasteiger partial charge < -0.3 is 10.1 Å². The number of fused-ring (bicyclic) bond motifs is 1. The molecule has 128 valence electrons. The standard InChI is InChI=1S/C18H22FN3O2/c1-4-12(5-2)22-11(3)13(9-20-22)18(23)21-15-10-24-16-8-6-7-14(19)17(15)16/h6-9,12,15H,4-5,10H2,1-3H3,(H,21,23). The van der Waals surface area contributed by atoms with Gasteiger partial charge in [-0.3, -0.25) is 9.48 Å². The Morgan fingerprint density at radius 1 is 1.46 bits per heavy atom. The van der Waals surface area contributed by atoms with Crippen molar-refractivity contribution >= 4 is 5.91 Å². The van der Waals surface area contributed by atoms with Crippen molar-refractivity contribution in [3.8, 4) is 5.75 Å². The summed E-state index contributed by atoms with van der Waals surface area (Å²) in [5, 5.41) is 7.23. The number of ether oxygens (including phenoxy) is 1. The summed E-state index contributed by atoms with van der Waals surface area (Å²) in [5.41, 5.74) is 1.76. The number of halogens is 1. The van der Waals surface area contributed by atoms with Crippen molar-refractivity contribution in [2.24, 2.45) is 0 Å². The van der Waals surface area contributed by atoms with E-state index in [1.54, 1.807) is 18.3 Å². The van der Waals surface area contributed by atoms with Crippen LogP contribution in [0.25, 0.3) is 0 Å². The normalized spacial score (nSPS) is 16.1. The molecule has 3 rings (SSSR count). The maximum absolute atomic E-state index is 14.0. The Balaban J connectivity index is 1.81. The number of aromatic nitrogens is 2. The lowest BCUT2D eigenvalue weighted by molar-refractivity contribution is 0.0929. The second-order valence-electron chi connectivity index (χ2n) is 6.05. The number of hydrogen-bond acceptors (Lipinski definition) is 3. The van der Waals surface area contributed by atoms with E-state index in [1.165, 1.54) is 6.07 Å². The van der Waals surface area contributed by atoms with Crippen LogP contribution in [0, 0.1) is 12.7 Å². The summed E-state index contributed by atoms with van der Waals surface area (Å²) in [4.78, 5) is 12.6. The molecule has 0 fully saturated rings. The highest BCUT2D eigenvalue weighted by atomic mass is 19.1. The van der Waals surface area contributed by atoms with E-state index < -0.39 is 6.04 Å². The smallest absolute Gasteiger partial charge is 0.255 e. The van der Waals surface area contributed by atoms with Crippen molar-refractivity contribution in [2.45, 2.75) is 45.7 Å². The van der Waals surface area contributed by atoms with Crippen molar-refractivity contribution in [2.75, 3.05) is 6.61 Å². The van der Waals surface area contributed by atoms with Crippen molar-refractivity contribution in [1.82, 2.24) is 15.1 Å². The van der Waals surface area contributed by atoms with Gasteiger partial charge in [-0.1, -0.05) is 19.9 Å². The summed E-state index contributed by atoms with van der Waals surface area (Å²) < 4.78 is 21.4. The van der Waals surface area contributed by atoms with E-state index in [-0.39, 0.29) is 24.4 Å². The highest BCUT2D eigenvalue weighted by molar-refractivity contribution is 5.95. The SMILES string of the molecule is CCC(CC)n1ncc(C(=O)NC2COc3cccc(F)c32)c1C. The lowest BCUT2D eigenvalue weighted by Crippen LogP contribution is -2.30. The Labute approximate surface area is 140 Å². The van der Waals surface area contributed by atoms with Crippen LogP contribution < -0.4 is 10.1 Å². The van der Waals surface area contributed by atoms with Crippen LogP contribution in [0.15, 0.2) is 24.4 Å². The minimum atomic E-state index is -0.482. The first kappa shape index (κ1) is 16.5. The Kier molecular flexibility index (Phi) is 4.55. The number of nitrogens with zero attached hydrogens (tertiary/aromatic N) is 2. The number of carbonyl (C=O) groups excluding carboxylic acids is 1. The fourth-order valence-corrected chi connectivity index (χ4v) is 3.24. The highest BCUT2D eigenvalue weighted by Crippen LogP contribution is 2.34. The molecule has 1 aliphatic heterocycles. The minimum Gasteiger partial charge on any atom is -0.491 e. The zero-order valence-corrected chi connectivity index (χ0v) is 14.2. The van der Waals surface area contributed by atoms with E-state index in [2.05, 4.69) is 24.3 Å². The van der Waals surface area contributed by atoms with Crippen LogP contribution in [-0.2, 0) is 0 Å². The van der Waals surface area contributed by atoms with Crippen molar-refractivity contribution in [3.05, 3.63) is 47.0 Å². The van der Waals surface area contributed by atoms with Crippen LogP contribution in [0.3, 0.4) is 0 Å². The number of nitrogens with one attached hydrogen (secondary N) is 1. The number of rotatable bonds is 5. The van der Waals surface area contributed by atoms with Crippen LogP contribution in [0.4, 0.5) is 4.39 Å². The summed E-state index contributed by atoms with van der Waals surface area (Å²) in [6.07, 6.45) is 3.49. The molecule has 6 heteroatoms. The second-order valence-corrected chi connectivity index (χ2v) is 6.05. The predicted octanol–water partition coefficient (Wildman–Crippen LogP) is 3.56. The van der Waals surface area contributed by atoms with Gasteiger partial charge in [-0.05, 0) is 31.9 Å². The van der Waals surface area contributed by atoms with Crippen LogP contribution in [0.1, 0.15) is 60.4 Å².